The number of hydrogen-bond donors (Lipinski definition) is 1. The van der Waals surface area contributed by atoms with Gasteiger partial charge in [-0.1, -0.05) is 0 Å². The minimum atomic E-state index is -4.32. The van der Waals surface area contributed by atoms with Gasteiger partial charge in [0.15, 0.2) is 5.69 Å². The van der Waals surface area contributed by atoms with Crippen molar-refractivity contribution in [3.8, 4) is 0 Å². The fraction of sp³-hybridized carbons (Fsp3) is 0.571. The highest BCUT2D eigenvalue weighted by molar-refractivity contribution is 5.85. The normalized spacial score (nSPS) is 16.8. The highest BCUT2D eigenvalue weighted by atomic mass is 35.5. The standard InChI is InChI=1S/C7H7F3N2.ClH/c8-7(9,10)6-3-5(11-12-6)4-1-2-4;/h3-4H,1-2H2,(H,11,12);1H. The van der Waals surface area contributed by atoms with Crippen LogP contribution in [0.1, 0.15) is 30.1 Å². The second-order valence-corrected chi connectivity index (χ2v) is 2.98. The molecule has 2 nitrogen and oxygen atoms in total. The number of nitrogens with one attached hydrogen (secondary N) is 1. The number of halogens is 4. The Morgan fingerprint density at radius 1 is 1.38 bits per heavy atom. The third kappa shape index (κ3) is 2.15. The van der Waals surface area contributed by atoms with Gasteiger partial charge in [0.05, 0.1) is 0 Å². The van der Waals surface area contributed by atoms with E-state index in [0.717, 1.165) is 18.9 Å². The summed E-state index contributed by atoms with van der Waals surface area (Å²) in [5, 5.41) is 5.60. The fourth-order valence-corrected chi connectivity index (χ4v) is 1.09. The summed E-state index contributed by atoms with van der Waals surface area (Å²) in [5.41, 5.74) is -0.202. The average Bonchev–Trinajstić information content (AvgIpc) is 2.66. The van der Waals surface area contributed by atoms with E-state index in [1.807, 2.05) is 0 Å². The van der Waals surface area contributed by atoms with Crippen molar-refractivity contribution in [1.29, 1.82) is 0 Å². The Kier molecular flexibility index (Phi) is 2.56. The Balaban J connectivity index is 0.000000845. The second-order valence-electron chi connectivity index (χ2n) is 2.98. The first kappa shape index (κ1) is 10.4. The Hall–Kier alpha value is -0.710. The predicted molar refractivity (Wildman–Crippen MR) is 42.8 cm³/mol. The molecule has 0 saturated heterocycles. The quantitative estimate of drug-likeness (QED) is 0.762. The van der Waals surface area contributed by atoms with E-state index in [9.17, 15) is 13.2 Å². The lowest BCUT2D eigenvalue weighted by Crippen LogP contribution is -2.04. The van der Waals surface area contributed by atoms with Gasteiger partial charge in [0.2, 0.25) is 0 Å². The first-order chi connectivity index (χ1) is 5.57. The summed E-state index contributed by atoms with van der Waals surface area (Å²) in [5.74, 6) is 0.286. The highest BCUT2D eigenvalue weighted by Gasteiger charge is 2.36. The van der Waals surface area contributed by atoms with Gasteiger partial charge in [0, 0.05) is 11.6 Å². The van der Waals surface area contributed by atoms with E-state index in [0.29, 0.717) is 5.69 Å². The molecular weight excluding hydrogens is 205 g/mol. The summed E-state index contributed by atoms with van der Waals surface area (Å²) in [4.78, 5) is 0. The first-order valence-corrected chi connectivity index (χ1v) is 3.70. The smallest absolute Gasteiger partial charge is 0.282 e. The second kappa shape index (κ2) is 3.21. The van der Waals surface area contributed by atoms with Gasteiger partial charge in [-0.05, 0) is 18.9 Å². The molecular formula is C7H8ClF3N2. The summed E-state index contributed by atoms with van der Waals surface area (Å²) < 4.78 is 36.0. The first-order valence-electron chi connectivity index (χ1n) is 3.70. The number of aromatic nitrogens is 2. The van der Waals surface area contributed by atoms with Gasteiger partial charge in [-0.15, -0.1) is 12.4 Å². The lowest BCUT2D eigenvalue weighted by Gasteiger charge is -1.98. The third-order valence-corrected chi connectivity index (χ3v) is 1.91. The van der Waals surface area contributed by atoms with E-state index < -0.39 is 11.9 Å². The summed E-state index contributed by atoms with van der Waals surface area (Å²) in [6.07, 6.45) is -2.37. The molecule has 0 spiro atoms. The topological polar surface area (TPSA) is 28.7 Å². The van der Waals surface area contributed by atoms with E-state index in [1.54, 1.807) is 0 Å². The van der Waals surface area contributed by atoms with E-state index in [2.05, 4.69) is 10.2 Å². The molecule has 1 fully saturated rings. The maximum Gasteiger partial charge on any atom is 0.435 e. The molecule has 0 aliphatic heterocycles. The number of aromatic amines is 1. The van der Waals surface area contributed by atoms with Crippen molar-refractivity contribution in [2.24, 2.45) is 0 Å². The zero-order chi connectivity index (χ0) is 8.77. The van der Waals surface area contributed by atoms with Crippen molar-refractivity contribution >= 4 is 12.4 Å². The number of hydrogen-bond acceptors (Lipinski definition) is 1. The van der Waals surface area contributed by atoms with Crippen LogP contribution in [0.4, 0.5) is 13.2 Å². The summed E-state index contributed by atoms with van der Waals surface area (Å²) in [7, 11) is 0. The Labute approximate surface area is 78.9 Å². The lowest BCUT2D eigenvalue weighted by molar-refractivity contribution is -0.141. The zero-order valence-corrected chi connectivity index (χ0v) is 7.37. The molecule has 1 aliphatic rings. The van der Waals surface area contributed by atoms with Crippen molar-refractivity contribution in [3.05, 3.63) is 17.5 Å². The van der Waals surface area contributed by atoms with Crippen LogP contribution in [0.5, 0.6) is 0 Å². The van der Waals surface area contributed by atoms with Gasteiger partial charge in [0.25, 0.3) is 0 Å². The number of alkyl halides is 3. The predicted octanol–water partition coefficient (Wildman–Crippen LogP) is 2.73. The van der Waals surface area contributed by atoms with Crippen LogP contribution >= 0.6 is 12.4 Å². The molecule has 1 aromatic heterocycles. The molecule has 13 heavy (non-hydrogen) atoms. The van der Waals surface area contributed by atoms with Gasteiger partial charge in [-0.25, -0.2) is 0 Å². The van der Waals surface area contributed by atoms with Gasteiger partial charge < -0.3 is 0 Å². The highest BCUT2D eigenvalue weighted by Crippen LogP contribution is 2.40. The zero-order valence-electron chi connectivity index (χ0n) is 6.56. The van der Waals surface area contributed by atoms with Crippen LogP contribution in [-0.2, 0) is 6.18 Å². The van der Waals surface area contributed by atoms with Crippen LogP contribution in [0, 0.1) is 0 Å². The lowest BCUT2D eigenvalue weighted by atomic mass is 10.3. The fourth-order valence-electron chi connectivity index (χ4n) is 1.09. The van der Waals surface area contributed by atoms with Crippen molar-refractivity contribution < 1.29 is 13.2 Å². The van der Waals surface area contributed by atoms with Gasteiger partial charge in [0.1, 0.15) is 0 Å². The molecule has 1 N–H and O–H groups in total. The summed E-state index contributed by atoms with van der Waals surface area (Å²) in [6, 6.07) is 1.09. The van der Waals surface area contributed by atoms with Gasteiger partial charge in [-0.3, -0.25) is 5.10 Å². The molecule has 0 unspecified atom stereocenters. The van der Waals surface area contributed by atoms with Crippen LogP contribution in [0.15, 0.2) is 6.07 Å². The molecule has 1 saturated carbocycles. The van der Waals surface area contributed by atoms with Crippen LogP contribution in [-0.4, -0.2) is 10.2 Å². The minimum Gasteiger partial charge on any atom is -0.282 e. The average molecular weight is 213 g/mol. The summed E-state index contributed by atoms with van der Waals surface area (Å²) >= 11 is 0. The Morgan fingerprint density at radius 2 is 2.00 bits per heavy atom. The molecule has 74 valence electrons. The maximum atomic E-state index is 12.0. The molecule has 0 aromatic carbocycles. The minimum absolute atomic E-state index is 0. The third-order valence-electron chi connectivity index (χ3n) is 1.91. The van der Waals surface area contributed by atoms with E-state index in [-0.39, 0.29) is 18.3 Å². The van der Waals surface area contributed by atoms with Crippen molar-refractivity contribution in [2.45, 2.75) is 24.9 Å². The molecule has 0 radical (unpaired) electrons. The van der Waals surface area contributed by atoms with Crippen molar-refractivity contribution in [2.75, 3.05) is 0 Å². The van der Waals surface area contributed by atoms with Gasteiger partial charge >= 0.3 is 6.18 Å². The number of nitrogens with zero attached hydrogens (tertiary/aromatic N) is 1. The largest absolute Gasteiger partial charge is 0.435 e. The van der Waals surface area contributed by atoms with Crippen LogP contribution in [0.25, 0.3) is 0 Å². The molecule has 1 aromatic rings. The van der Waals surface area contributed by atoms with Crippen molar-refractivity contribution in [1.82, 2.24) is 10.2 Å². The van der Waals surface area contributed by atoms with Crippen LogP contribution < -0.4 is 0 Å². The van der Waals surface area contributed by atoms with E-state index >= 15 is 0 Å². The van der Waals surface area contributed by atoms with Crippen molar-refractivity contribution in [3.63, 3.8) is 0 Å². The Morgan fingerprint density at radius 3 is 2.38 bits per heavy atom. The molecule has 6 heteroatoms. The van der Waals surface area contributed by atoms with Gasteiger partial charge in [-0.2, -0.15) is 18.3 Å². The van der Waals surface area contributed by atoms with Crippen LogP contribution in [0.3, 0.4) is 0 Å². The monoisotopic (exact) mass is 212 g/mol. The molecule has 0 bridgehead atoms. The molecule has 1 aliphatic carbocycles. The number of rotatable bonds is 1. The molecule has 0 atom stereocenters. The van der Waals surface area contributed by atoms with Crippen LogP contribution in [0.2, 0.25) is 0 Å². The number of H-pyrrole nitrogens is 1. The molecule has 1 heterocycles. The molecule has 2 rings (SSSR count). The van der Waals surface area contributed by atoms with E-state index in [1.165, 1.54) is 0 Å². The SMILES string of the molecule is Cl.FC(F)(F)c1cc(C2CC2)[nH]n1. The maximum absolute atomic E-state index is 12.0. The summed E-state index contributed by atoms with van der Waals surface area (Å²) in [6.45, 7) is 0. The van der Waals surface area contributed by atoms with E-state index in [4.69, 9.17) is 0 Å². The Bertz CT molecular complexity index is 290. The molecule has 0 amide bonds.